The van der Waals surface area contributed by atoms with E-state index in [-0.39, 0.29) is 10.7 Å². The average Bonchev–Trinajstić information content (AvgIpc) is 3.35. The molecule has 1 aromatic heterocycles. The van der Waals surface area contributed by atoms with E-state index in [1.807, 2.05) is 0 Å². The van der Waals surface area contributed by atoms with Crippen molar-refractivity contribution in [3.63, 3.8) is 0 Å². The number of carbonyl (C=O) groups excluding carboxylic acids is 3. The summed E-state index contributed by atoms with van der Waals surface area (Å²) in [5.41, 5.74) is 1.11. The van der Waals surface area contributed by atoms with Crippen molar-refractivity contribution in [1.29, 1.82) is 0 Å². The van der Waals surface area contributed by atoms with E-state index in [2.05, 4.69) is 5.32 Å². The summed E-state index contributed by atoms with van der Waals surface area (Å²) in [5.74, 6) is -0.168. The molecule has 0 aliphatic carbocycles. The first-order chi connectivity index (χ1) is 15.4. The Morgan fingerprint density at radius 1 is 1.12 bits per heavy atom. The van der Waals surface area contributed by atoms with Gasteiger partial charge in [-0.05, 0) is 60.3 Å². The molecule has 3 aromatic rings. The number of imide groups is 1. The lowest BCUT2D eigenvalue weighted by Gasteiger charge is -2.14. The number of thioether (sulfide) groups is 1. The lowest BCUT2D eigenvalue weighted by atomic mass is 10.2. The van der Waals surface area contributed by atoms with Crippen LogP contribution in [0, 0.1) is 5.82 Å². The lowest BCUT2D eigenvalue weighted by molar-refractivity contribution is -0.127. The van der Waals surface area contributed by atoms with Crippen LogP contribution in [0.3, 0.4) is 0 Å². The number of para-hydroxylation sites is 2. The molecule has 0 unspecified atom stereocenters. The minimum absolute atomic E-state index is 0.139. The topological polar surface area (TPSA) is 88.8 Å². The van der Waals surface area contributed by atoms with Crippen molar-refractivity contribution in [2.45, 2.75) is 0 Å². The molecule has 2 heterocycles. The van der Waals surface area contributed by atoms with E-state index in [0.717, 1.165) is 16.7 Å². The number of hydrogen-bond acceptors (Lipinski definition) is 6. The first-order valence-electron chi connectivity index (χ1n) is 9.48. The minimum Gasteiger partial charge on any atom is -0.495 e. The maximum atomic E-state index is 13.1. The Labute approximate surface area is 186 Å². The lowest BCUT2D eigenvalue weighted by Crippen LogP contribution is -2.36. The van der Waals surface area contributed by atoms with E-state index >= 15 is 0 Å². The molecule has 0 spiro atoms. The number of ether oxygens (including phenoxy) is 1. The normalized spacial score (nSPS) is 14.8. The molecule has 4 rings (SSSR count). The zero-order valence-electron chi connectivity index (χ0n) is 16.8. The van der Waals surface area contributed by atoms with Crippen molar-refractivity contribution < 1.29 is 27.9 Å². The molecule has 1 aliphatic heterocycles. The summed E-state index contributed by atoms with van der Waals surface area (Å²) in [6.07, 6.45) is 1.44. The van der Waals surface area contributed by atoms with Crippen LogP contribution in [-0.2, 0) is 9.59 Å². The number of amides is 3. The fraction of sp³-hybridized carbons (Fsp3) is 0.0870. The molecule has 1 N–H and O–H groups in total. The average molecular weight is 452 g/mol. The van der Waals surface area contributed by atoms with Gasteiger partial charge >= 0.3 is 0 Å². The molecule has 0 saturated carbocycles. The van der Waals surface area contributed by atoms with Gasteiger partial charge in [-0.1, -0.05) is 12.1 Å². The highest BCUT2D eigenvalue weighted by molar-refractivity contribution is 8.18. The van der Waals surface area contributed by atoms with E-state index in [9.17, 15) is 18.8 Å². The molecule has 2 aromatic carbocycles. The van der Waals surface area contributed by atoms with Crippen LogP contribution in [0.5, 0.6) is 5.75 Å². The summed E-state index contributed by atoms with van der Waals surface area (Å²) >= 11 is 0.724. The highest BCUT2D eigenvalue weighted by Crippen LogP contribution is 2.33. The highest BCUT2D eigenvalue weighted by atomic mass is 32.2. The highest BCUT2D eigenvalue weighted by Gasteiger charge is 2.36. The van der Waals surface area contributed by atoms with Crippen LogP contribution in [0.2, 0.25) is 0 Å². The van der Waals surface area contributed by atoms with Gasteiger partial charge in [-0.15, -0.1) is 0 Å². The van der Waals surface area contributed by atoms with Gasteiger partial charge in [-0.3, -0.25) is 19.3 Å². The smallest absolute Gasteiger partial charge is 0.294 e. The maximum Gasteiger partial charge on any atom is 0.294 e. The molecule has 1 aliphatic rings. The number of halogens is 1. The summed E-state index contributed by atoms with van der Waals surface area (Å²) in [6.45, 7) is -0.432. The molecule has 0 radical (unpaired) electrons. The van der Waals surface area contributed by atoms with Gasteiger partial charge in [-0.25, -0.2) is 4.39 Å². The third kappa shape index (κ3) is 4.57. The van der Waals surface area contributed by atoms with Crippen molar-refractivity contribution in [2.24, 2.45) is 0 Å². The van der Waals surface area contributed by atoms with Gasteiger partial charge in [0.15, 0.2) is 0 Å². The van der Waals surface area contributed by atoms with Crippen molar-refractivity contribution in [3.8, 4) is 17.1 Å². The predicted octanol–water partition coefficient (Wildman–Crippen LogP) is 4.77. The van der Waals surface area contributed by atoms with Crippen molar-refractivity contribution in [1.82, 2.24) is 4.90 Å². The summed E-state index contributed by atoms with van der Waals surface area (Å²) in [4.78, 5) is 38.4. The zero-order valence-corrected chi connectivity index (χ0v) is 17.6. The number of furan rings is 1. The number of carbonyl (C=O) groups is 3. The first kappa shape index (κ1) is 21.4. The van der Waals surface area contributed by atoms with Gasteiger partial charge in [0.25, 0.3) is 11.1 Å². The van der Waals surface area contributed by atoms with Crippen LogP contribution in [-0.4, -0.2) is 35.6 Å². The molecular formula is C23H17FN2O5S. The van der Waals surface area contributed by atoms with Crippen molar-refractivity contribution >= 4 is 40.6 Å². The summed E-state index contributed by atoms with van der Waals surface area (Å²) < 4.78 is 24.0. The van der Waals surface area contributed by atoms with Crippen LogP contribution in [0.4, 0.5) is 14.9 Å². The second-order valence-electron chi connectivity index (χ2n) is 6.73. The summed E-state index contributed by atoms with van der Waals surface area (Å²) in [6, 6.07) is 15.9. The zero-order chi connectivity index (χ0) is 22.7. The molecule has 32 heavy (non-hydrogen) atoms. The van der Waals surface area contributed by atoms with Crippen molar-refractivity contribution in [2.75, 3.05) is 19.0 Å². The molecule has 9 heteroatoms. The Kier molecular flexibility index (Phi) is 6.09. The van der Waals surface area contributed by atoms with E-state index in [4.69, 9.17) is 9.15 Å². The Morgan fingerprint density at radius 3 is 2.62 bits per heavy atom. The molecule has 1 saturated heterocycles. The Balaban J connectivity index is 1.45. The SMILES string of the molecule is COc1ccccc1NC(=O)CN1C(=O)S/C(=C\c2ccc(-c3ccc(F)cc3)o2)C1=O. The third-order valence-electron chi connectivity index (χ3n) is 4.59. The first-order valence-corrected chi connectivity index (χ1v) is 10.3. The number of nitrogens with zero attached hydrogens (tertiary/aromatic N) is 1. The number of methoxy groups -OCH3 is 1. The van der Waals surface area contributed by atoms with Gasteiger partial charge in [0.1, 0.15) is 29.6 Å². The van der Waals surface area contributed by atoms with Crippen molar-refractivity contribution in [3.05, 3.63) is 77.1 Å². The third-order valence-corrected chi connectivity index (χ3v) is 5.49. The largest absolute Gasteiger partial charge is 0.495 e. The quantitative estimate of drug-likeness (QED) is 0.542. The van der Waals surface area contributed by atoms with Gasteiger partial charge in [0.05, 0.1) is 17.7 Å². The number of nitrogens with one attached hydrogen (secondary N) is 1. The molecule has 0 bridgehead atoms. The number of rotatable bonds is 6. The molecule has 0 atom stereocenters. The standard InChI is InChI=1S/C23H17FN2O5S/c1-30-19-5-3-2-4-17(19)25-21(27)13-26-22(28)20(32-23(26)29)12-16-10-11-18(31-16)14-6-8-15(24)9-7-14/h2-12H,13H2,1H3,(H,25,27)/b20-12-. The van der Waals surface area contributed by atoms with Gasteiger partial charge < -0.3 is 14.5 Å². The van der Waals surface area contributed by atoms with Crippen LogP contribution in [0.1, 0.15) is 5.76 Å². The number of hydrogen-bond donors (Lipinski definition) is 1. The Hall–Kier alpha value is -3.85. The fourth-order valence-electron chi connectivity index (χ4n) is 3.05. The second-order valence-corrected chi connectivity index (χ2v) is 7.72. The number of anilines is 1. The molecule has 1 fully saturated rings. The Bertz CT molecular complexity index is 1220. The minimum atomic E-state index is -0.588. The monoisotopic (exact) mass is 452 g/mol. The maximum absolute atomic E-state index is 13.1. The second kappa shape index (κ2) is 9.11. The van der Waals surface area contributed by atoms with Crippen LogP contribution in [0.25, 0.3) is 17.4 Å². The van der Waals surface area contributed by atoms with E-state index < -0.39 is 23.6 Å². The van der Waals surface area contributed by atoms with E-state index in [1.54, 1.807) is 48.5 Å². The predicted molar refractivity (Wildman–Crippen MR) is 118 cm³/mol. The molecule has 7 nitrogen and oxygen atoms in total. The van der Waals surface area contributed by atoms with Crippen LogP contribution in [0.15, 0.2) is 70.0 Å². The van der Waals surface area contributed by atoms with E-state index in [0.29, 0.717) is 28.5 Å². The van der Waals surface area contributed by atoms with Crippen LogP contribution >= 0.6 is 11.8 Å². The fourth-order valence-corrected chi connectivity index (χ4v) is 3.86. The van der Waals surface area contributed by atoms with Gasteiger partial charge in [-0.2, -0.15) is 0 Å². The Morgan fingerprint density at radius 2 is 1.88 bits per heavy atom. The van der Waals surface area contributed by atoms with Crippen LogP contribution < -0.4 is 10.1 Å². The summed E-state index contributed by atoms with van der Waals surface area (Å²) in [5, 5.41) is 2.08. The summed E-state index contributed by atoms with van der Waals surface area (Å²) in [7, 11) is 1.47. The van der Waals surface area contributed by atoms with Gasteiger partial charge in [0.2, 0.25) is 5.91 Å². The molecule has 3 amide bonds. The van der Waals surface area contributed by atoms with E-state index in [1.165, 1.54) is 25.3 Å². The molecular weight excluding hydrogens is 435 g/mol. The number of benzene rings is 2. The molecule has 162 valence electrons. The van der Waals surface area contributed by atoms with Gasteiger partial charge in [0, 0.05) is 11.6 Å².